The van der Waals surface area contributed by atoms with Crippen molar-refractivity contribution in [1.82, 2.24) is 4.98 Å². The molecule has 0 saturated heterocycles. The number of rotatable bonds is 5. The first-order chi connectivity index (χ1) is 8.33. The average molecular weight is 272 g/mol. The van der Waals surface area contributed by atoms with E-state index in [4.69, 9.17) is 10.9 Å². The van der Waals surface area contributed by atoms with Crippen LogP contribution in [0.4, 0.5) is 5.69 Å². The highest BCUT2D eigenvalue weighted by molar-refractivity contribution is 7.90. The summed E-state index contributed by atoms with van der Waals surface area (Å²) in [5.74, 6) is -0.0292. The summed E-state index contributed by atoms with van der Waals surface area (Å²) in [5.41, 5.74) is 6.51. The molecule has 1 rings (SSSR count). The van der Waals surface area contributed by atoms with Crippen molar-refractivity contribution in [1.29, 1.82) is 0 Å². The second-order valence-electron chi connectivity index (χ2n) is 3.94. The number of anilines is 1. The first kappa shape index (κ1) is 14.2. The minimum Gasteiger partial charge on any atom is -0.409 e. The van der Waals surface area contributed by atoms with Crippen LogP contribution in [0, 0.1) is 0 Å². The van der Waals surface area contributed by atoms with Crippen molar-refractivity contribution in [2.24, 2.45) is 10.9 Å². The molecule has 0 radical (unpaired) electrons. The molecule has 3 N–H and O–H groups in total. The van der Waals surface area contributed by atoms with Crippen LogP contribution < -0.4 is 10.6 Å². The van der Waals surface area contributed by atoms with Crippen LogP contribution in [0.15, 0.2) is 23.5 Å². The highest BCUT2D eigenvalue weighted by Crippen LogP contribution is 2.12. The molecule has 1 aromatic rings. The maximum Gasteiger partial charge on any atom is 0.188 e. The molecule has 0 unspecified atom stereocenters. The van der Waals surface area contributed by atoms with E-state index < -0.39 is 9.84 Å². The third kappa shape index (κ3) is 4.21. The molecule has 0 bridgehead atoms. The smallest absolute Gasteiger partial charge is 0.188 e. The average Bonchev–Trinajstić information content (AvgIpc) is 2.34. The molecule has 0 amide bonds. The van der Waals surface area contributed by atoms with E-state index in [1.165, 1.54) is 12.5 Å². The van der Waals surface area contributed by atoms with Gasteiger partial charge < -0.3 is 15.8 Å². The lowest BCUT2D eigenvalue weighted by Crippen LogP contribution is -2.25. The van der Waals surface area contributed by atoms with Gasteiger partial charge in [0.15, 0.2) is 5.84 Å². The van der Waals surface area contributed by atoms with Crippen molar-refractivity contribution in [3.63, 3.8) is 0 Å². The number of oxime groups is 1. The van der Waals surface area contributed by atoms with Crippen molar-refractivity contribution < 1.29 is 13.6 Å². The molecular formula is C10H16N4O3S. The predicted octanol–water partition coefficient (Wildman–Crippen LogP) is -0.343. The van der Waals surface area contributed by atoms with Crippen LogP contribution in [-0.4, -0.2) is 50.0 Å². The van der Waals surface area contributed by atoms with Gasteiger partial charge in [-0.2, -0.15) is 0 Å². The molecule has 1 heterocycles. The normalized spacial score (nSPS) is 12.4. The van der Waals surface area contributed by atoms with E-state index in [-0.39, 0.29) is 11.6 Å². The Labute approximate surface area is 106 Å². The summed E-state index contributed by atoms with van der Waals surface area (Å²) >= 11 is 0. The molecule has 100 valence electrons. The van der Waals surface area contributed by atoms with Gasteiger partial charge in [0.25, 0.3) is 0 Å². The summed E-state index contributed by atoms with van der Waals surface area (Å²) in [6.07, 6.45) is 2.70. The zero-order chi connectivity index (χ0) is 13.8. The molecule has 0 aliphatic rings. The third-order valence-corrected chi connectivity index (χ3v) is 3.28. The molecule has 7 nitrogen and oxygen atoms in total. The molecule has 0 aromatic carbocycles. The molecule has 0 aliphatic heterocycles. The monoisotopic (exact) mass is 272 g/mol. The predicted molar refractivity (Wildman–Crippen MR) is 69.7 cm³/mol. The van der Waals surface area contributed by atoms with E-state index in [0.717, 1.165) is 5.69 Å². The highest BCUT2D eigenvalue weighted by Gasteiger charge is 2.08. The maximum atomic E-state index is 11.1. The first-order valence-corrected chi connectivity index (χ1v) is 7.22. The Morgan fingerprint density at radius 1 is 1.61 bits per heavy atom. The molecule has 0 aliphatic carbocycles. The minimum atomic E-state index is -3.00. The number of aromatic nitrogens is 1. The fourth-order valence-electron chi connectivity index (χ4n) is 1.28. The second kappa shape index (κ2) is 5.67. The standard InChI is InChI=1S/C10H16N4O3S/c1-14(5-6-18(2,16)17)8-3-4-12-9(7-8)10(11)13-15/h3-4,7,15H,5-6H2,1-2H3,(H2,11,13). The SMILES string of the molecule is CN(CCS(C)(=O)=O)c1ccnc(C(N)=NO)c1. The van der Waals surface area contributed by atoms with Gasteiger partial charge in [-0.25, -0.2) is 8.42 Å². The zero-order valence-electron chi connectivity index (χ0n) is 10.2. The number of nitrogens with zero attached hydrogens (tertiary/aromatic N) is 3. The molecule has 0 fully saturated rings. The first-order valence-electron chi connectivity index (χ1n) is 5.16. The van der Waals surface area contributed by atoms with E-state index in [9.17, 15) is 8.42 Å². The van der Waals surface area contributed by atoms with Gasteiger partial charge in [0.2, 0.25) is 0 Å². The molecule has 0 atom stereocenters. The largest absolute Gasteiger partial charge is 0.409 e. The molecular weight excluding hydrogens is 256 g/mol. The summed E-state index contributed by atoms with van der Waals surface area (Å²) in [4.78, 5) is 5.70. The highest BCUT2D eigenvalue weighted by atomic mass is 32.2. The summed E-state index contributed by atoms with van der Waals surface area (Å²) in [6, 6.07) is 3.34. The van der Waals surface area contributed by atoms with Crippen LogP contribution in [-0.2, 0) is 9.84 Å². The summed E-state index contributed by atoms with van der Waals surface area (Å²) in [7, 11) is -1.24. The molecule has 0 saturated carbocycles. The third-order valence-electron chi connectivity index (χ3n) is 2.35. The van der Waals surface area contributed by atoms with Gasteiger partial charge in [0.1, 0.15) is 15.5 Å². The lowest BCUT2D eigenvalue weighted by Gasteiger charge is -2.18. The topological polar surface area (TPSA) is 109 Å². The van der Waals surface area contributed by atoms with E-state index in [2.05, 4.69) is 10.1 Å². The van der Waals surface area contributed by atoms with Gasteiger partial charge in [-0.3, -0.25) is 4.98 Å². The van der Waals surface area contributed by atoms with Gasteiger partial charge in [-0.15, -0.1) is 0 Å². The van der Waals surface area contributed by atoms with Crippen molar-refractivity contribution in [3.05, 3.63) is 24.0 Å². The molecule has 18 heavy (non-hydrogen) atoms. The fourth-order valence-corrected chi connectivity index (χ4v) is 1.89. The van der Waals surface area contributed by atoms with E-state index in [0.29, 0.717) is 12.2 Å². The maximum absolute atomic E-state index is 11.1. The second-order valence-corrected chi connectivity index (χ2v) is 6.20. The number of amidine groups is 1. The van der Waals surface area contributed by atoms with Gasteiger partial charge in [-0.05, 0) is 12.1 Å². The summed E-state index contributed by atoms with van der Waals surface area (Å²) in [5, 5.41) is 11.4. The Morgan fingerprint density at radius 3 is 2.83 bits per heavy atom. The Balaban J connectivity index is 2.83. The van der Waals surface area contributed by atoms with Crippen molar-refractivity contribution in [3.8, 4) is 0 Å². The van der Waals surface area contributed by atoms with Crippen molar-refractivity contribution in [2.75, 3.05) is 30.5 Å². The quantitative estimate of drug-likeness (QED) is 0.328. The van der Waals surface area contributed by atoms with E-state index >= 15 is 0 Å². The number of hydrogen-bond donors (Lipinski definition) is 2. The number of nitrogens with two attached hydrogens (primary N) is 1. The molecule has 1 aromatic heterocycles. The number of hydrogen-bond acceptors (Lipinski definition) is 6. The van der Waals surface area contributed by atoms with Crippen LogP contribution in [0.25, 0.3) is 0 Å². The van der Waals surface area contributed by atoms with Crippen molar-refractivity contribution in [2.45, 2.75) is 0 Å². The Kier molecular flexibility index (Phi) is 4.49. The Morgan fingerprint density at radius 2 is 2.28 bits per heavy atom. The summed E-state index contributed by atoms with van der Waals surface area (Å²) < 4.78 is 22.2. The summed E-state index contributed by atoms with van der Waals surface area (Å²) in [6.45, 7) is 0.360. The zero-order valence-corrected chi connectivity index (χ0v) is 11.1. The van der Waals surface area contributed by atoms with Gasteiger partial charge >= 0.3 is 0 Å². The minimum absolute atomic E-state index is 0.0602. The Bertz CT molecular complexity index is 542. The lowest BCUT2D eigenvalue weighted by molar-refractivity contribution is 0.318. The van der Waals surface area contributed by atoms with E-state index in [1.54, 1.807) is 24.1 Å². The Hall–Kier alpha value is -1.83. The van der Waals surface area contributed by atoms with Crippen LogP contribution in [0.2, 0.25) is 0 Å². The van der Waals surface area contributed by atoms with Gasteiger partial charge in [0, 0.05) is 31.7 Å². The van der Waals surface area contributed by atoms with Crippen molar-refractivity contribution >= 4 is 21.4 Å². The van der Waals surface area contributed by atoms with E-state index in [1.807, 2.05) is 0 Å². The number of sulfone groups is 1. The van der Waals surface area contributed by atoms with Gasteiger partial charge in [-0.1, -0.05) is 5.16 Å². The van der Waals surface area contributed by atoms with Crippen LogP contribution in [0.1, 0.15) is 5.69 Å². The van der Waals surface area contributed by atoms with Crippen LogP contribution >= 0.6 is 0 Å². The van der Waals surface area contributed by atoms with Crippen LogP contribution in [0.3, 0.4) is 0 Å². The fraction of sp³-hybridized carbons (Fsp3) is 0.400. The number of pyridine rings is 1. The van der Waals surface area contributed by atoms with Crippen LogP contribution in [0.5, 0.6) is 0 Å². The molecule has 8 heteroatoms. The molecule has 0 spiro atoms. The lowest BCUT2D eigenvalue weighted by atomic mass is 10.3. The van der Waals surface area contributed by atoms with Gasteiger partial charge in [0.05, 0.1) is 5.75 Å².